The molecule has 56 valence electrons. The van der Waals surface area contributed by atoms with E-state index in [0.717, 1.165) is 15.8 Å². The Morgan fingerprint density at radius 1 is 1.90 bits per heavy atom. The molecular weight excluding hydrogens is 168 g/mol. The van der Waals surface area contributed by atoms with E-state index in [4.69, 9.17) is 17.3 Å². The first-order valence-electron chi connectivity index (χ1n) is 3.04. The molecule has 1 heterocycles. The predicted molar refractivity (Wildman–Crippen MR) is 44.5 cm³/mol. The predicted octanol–water partition coefficient (Wildman–Crippen LogP) is 1.69. The molecule has 1 atom stereocenters. The fourth-order valence-corrected chi connectivity index (χ4v) is 1.76. The highest BCUT2D eigenvalue weighted by atomic mass is 35.5. The van der Waals surface area contributed by atoms with E-state index in [0.29, 0.717) is 0 Å². The minimum atomic E-state index is 0.169. The molecule has 1 unspecified atom stereocenters. The van der Waals surface area contributed by atoms with Gasteiger partial charge in [-0.05, 0) is 6.92 Å². The zero-order valence-electron chi connectivity index (χ0n) is 5.67. The molecular formula is C6H9ClN2S. The van der Waals surface area contributed by atoms with Crippen molar-refractivity contribution in [3.05, 3.63) is 15.5 Å². The maximum atomic E-state index is 5.66. The SMILES string of the molecule is CC(N)Cc1ncc(Cl)s1. The van der Waals surface area contributed by atoms with Crippen LogP contribution in [0.4, 0.5) is 0 Å². The van der Waals surface area contributed by atoms with Gasteiger partial charge in [0.1, 0.15) is 4.34 Å². The molecule has 0 aliphatic heterocycles. The molecule has 1 aromatic rings. The Hall–Kier alpha value is -0.120. The number of aromatic nitrogens is 1. The van der Waals surface area contributed by atoms with Crippen molar-refractivity contribution in [2.45, 2.75) is 19.4 Å². The molecule has 0 bridgehead atoms. The van der Waals surface area contributed by atoms with Crippen molar-refractivity contribution in [3.63, 3.8) is 0 Å². The van der Waals surface area contributed by atoms with Gasteiger partial charge in [-0.3, -0.25) is 0 Å². The molecule has 10 heavy (non-hydrogen) atoms. The van der Waals surface area contributed by atoms with Crippen LogP contribution in [0.2, 0.25) is 4.34 Å². The van der Waals surface area contributed by atoms with E-state index < -0.39 is 0 Å². The van der Waals surface area contributed by atoms with Crippen LogP contribution < -0.4 is 5.73 Å². The van der Waals surface area contributed by atoms with Crippen LogP contribution in [0.5, 0.6) is 0 Å². The second-order valence-electron chi connectivity index (χ2n) is 2.24. The zero-order chi connectivity index (χ0) is 7.56. The van der Waals surface area contributed by atoms with Gasteiger partial charge in [0, 0.05) is 12.5 Å². The van der Waals surface area contributed by atoms with Crippen LogP contribution >= 0.6 is 22.9 Å². The Bertz CT molecular complexity index is 209. The summed E-state index contributed by atoms with van der Waals surface area (Å²) in [6, 6.07) is 0.169. The van der Waals surface area contributed by atoms with Gasteiger partial charge in [0.25, 0.3) is 0 Å². The van der Waals surface area contributed by atoms with Gasteiger partial charge >= 0.3 is 0 Å². The zero-order valence-corrected chi connectivity index (χ0v) is 7.25. The number of rotatable bonds is 2. The summed E-state index contributed by atoms with van der Waals surface area (Å²) in [6.45, 7) is 1.95. The van der Waals surface area contributed by atoms with Crippen LogP contribution in [0.15, 0.2) is 6.20 Å². The summed E-state index contributed by atoms with van der Waals surface area (Å²) in [7, 11) is 0. The van der Waals surface area contributed by atoms with Crippen LogP contribution in [0.3, 0.4) is 0 Å². The number of hydrogen-bond donors (Lipinski definition) is 1. The highest BCUT2D eigenvalue weighted by Gasteiger charge is 2.01. The van der Waals surface area contributed by atoms with Gasteiger partial charge in [-0.25, -0.2) is 4.98 Å². The van der Waals surface area contributed by atoms with Crippen LogP contribution in [0.25, 0.3) is 0 Å². The van der Waals surface area contributed by atoms with Crippen LogP contribution in [0, 0.1) is 0 Å². The number of nitrogens with two attached hydrogens (primary N) is 1. The summed E-state index contributed by atoms with van der Waals surface area (Å²) in [5.41, 5.74) is 5.56. The Labute approximate surface area is 69.0 Å². The maximum Gasteiger partial charge on any atom is 0.113 e. The molecule has 0 aliphatic rings. The monoisotopic (exact) mass is 176 g/mol. The van der Waals surface area contributed by atoms with Crippen LogP contribution in [-0.2, 0) is 6.42 Å². The fourth-order valence-electron chi connectivity index (χ4n) is 0.658. The van der Waals surface area contributed by atoms with Gasteiger partial charge in [0.15, 0.2) is 0 Å². The molecule has 0 amide bonds. The number of halogens is 1. The third-order valence-corrected chi connectivity index (χ3v) is 2.16. The van der Waals surface area contributed by atoms with Crippen LogP contribution in [-0.4, -0.2) is 11.0 Å². The first-order chi connectivity index (χ1) is 4.68. The van der Waals surface area contributed by atoms with E-state index in [2.05, 4.69) is 4.98 Å². The molecule has 2 nitrogen and oxygen atoms in total. The highest BCUT2D eigenvalue weighted by molar-refractivity contribution is 7.15. The summed E-state index contributed by atoms with van der Waals surface area (Å²) in [5, 5.41) is 1.01. The standard InChI is InChI=1S/C6H9ClN2S/c1-4(8)2-6-9-3-5(7)10-6/h3-4H,2,8H2,1H3. The first-order valence-corrected chi connectivity index (χ1v) is 4.23. The van der Waals surface area contributed by atoms with Gasteiger partial charge in [-0.2, -0.15) is 0 Å². The second kappa shape index (κ2) is 3.32. The topological polar surface area (TPSA) is 38.9 Å². The fraction of sp³-hybridized carbons (Fsp3) is 0.500. The Balaban J connectivity index is 2.58. The van der Waals surface area contributed by atoms with Gasteiger partial charge < -0.3 is 5.73 Å². The van der Waals surface area contributed by atoms with E-state index in [1.54, 1.807) is 6.20 Å². The molecule has 0 radical (unpaired) electrons. The van der Waals surface area contributed by atoms with Gasteiger partial charge in [-0.1, -0.05) is 11.6 Å². The third-order valence-electron chi connectivity index (χ3n) is 1.02. The number of nitrogens with zero attached hydrogens (tertiary/aromatic N) is 1. The lowest BCUT2D eigenvalue weighted by Gasteiger charge is -1.98. The van der Waals surface area contributed by atoms with Crippen molar-refractivity contribution in [1.82, 2.24) is 4.98 Å². The summed E-state index contributed by atoms with van der Waals surface area (Å²) in [4.78, 5) is 4.06. The summed E-state index contributed by atoms with van der Waals surface area (Å²) >= 11 is 7.15. The quantitative estimate of drug-likeness (QED) is 0.745. The highest BCUT2D eigenvalue weighted by Crippen LogP contribution is 2.18. The minimum absolute atomic E-state index is 0.169. The molecule has 1 rings (SSSR count). The first kappa shape index (κ1) is 7.98. The van der Waals surface area contributed by atoms with Crippen molar-refractivity contribution in [3.8, 4) is 0 Å². The third kappa shape index (κ3) is 2.25. The molecule has 0 spiro atoms. The van der Waals surface area contributed by atoms with Gasteiger partial charge in [0.2, 0.25) is 0 Å². The minimum Gasteiger partial charge on any atom is -0.328 e. The molecule has 0 aliphatic carbocycles. The maximum absolute atomic E-state index is 5.66. The number of thiazole rings is 1. The van der Waals surface area contributed by atoms with E-state index in [1.165, 1.54) is 11.3 Å². The lowest BCUT2D eigenvalue weighted by Crippen LogP contribution is -2.17. The molecule has 0 saturated heterocycles. The Kier molecular flexibility index (Phi) is 2.65. The average Bonchev–Trinajstić information content (AvgIpc) is 2.13. The van der Waals surface area contributed by atoms with E-state index in [-0.39, 0.29) is 6.04 Å². The van der Waals surface area contributed by atoms with Crippen LogP contribution in [0.1, 0.15) is 11.9 Å². The van der Waals surface area contributed by atoms with E-state index in [9.17, 15) is 0 Å². The van der Waals surface area contributed by atoms with Crippen molar-refractivity contribution < 1.29 is 0 Å². The Morgan fingerprint density at radius 2 is 2.60 bits per heavy atom. The molecule has 1 aromatic heterocycles. The summed E-state index contributed by atoms with van der Waals surface area (Å²) in [6.07, 6.45) is 2.47. The summed E-state index contributed by atoms with van der Waals surface area (Å²) < 4.78 is 0.732. The van der Waals surface area contributed by atoms with Gasteiger partial charge in [-0.15, -0.1) is 11.3 Å². The van der Waals surface area contributed by atoms with E-state index in [1.807, 2.05) is 6.92 Å². The van der Waals surface area contributed by atoms with Gasteiger partial charge in [0.05, 0.1) is 11.2 Å². The molecule has 0 aromatic carbocycles. The van der Waals surface area contributed by atoms with Crippen molar-refractivity contribution in [1.29, 1.82) is 0 Å². The molecule has 0 saturated carbocycles. The largest absolute Gasteiger partial charge is 0.328 e. The average molecular weight is 177 g/mol. The van der Waals surface area contributed by atoms with Crippen molar-refractivity contribution in [2.24, 2.45) is 5.73 Å². The van der Waals surface area contributed by atoms with Crippen molar-refractivity contribution >= 4 is 22.9 Å². The molecule has 0 fully saturated rings. The van der Waals surface area contributed by atoms with Crippen molar-refractivity contribution in [2.75, 3.05) is 0 Å². The molecule has 4 heteroatoms. The lowest BCUT2D eigenvalue weighted by atomic mass is 10.3. The smallest absolute Gasteiger partial charge is 0.113 e. The number of hydrogen-bond acceptors (Lipinski definition) is 3. The Morgan fingerprint density at radius 3 is 3.00 bits per heavy atom. The second-order valence-corrected chi connectivity index (χ2v) is 3.99. The molecule has 2 N–H and O–H groups in total. The summed E-state index contributed by atoms with van der Waals surface area (Å²) in [5.74, 6) is 0. The normalized spacial score (nSPS) is 13.5. The lowest BCUT2D eigenvalue weighted by molar-refractivity contribution is 0.734. The van der Waals surface area contributed by atoms with E-state index >= 15 is 0 Å².